The molecule has 0 aliphatic carbocycles. The maximum absolute atomic E-state index is 11.9. The van der Waals surface area contributed by atoms with Crippen LogP contribution in [0.1, 0.15) is 37.3 Å². The predicted octanol–water partition coefficient (Wildman–Crippen LogP) is 3.95. The molecule has 2 aromatic rings. The van der Waals surface area contributed by atoms with Gasteiger partial charge in [-0.05, 0) is 41.7 Å². The number of amides is 1. The van der Waals surface area contributed by atoms with Crippen LogP contribution < -0.4 is 14.8 Å². The fourth-order valence-electron chi connectivity index (χ4n) is 2.58. The van der Waals surface area contributed by atoms with Crippen molar-refractivity contribution in [2.75, 3.05) is 20.3 Å². The summed E-state index contributed by atoms with van der Waals surface area (Å²) < 4.78 is 10.9. The molecule has 0 fully saturated rings. The number of hydrogen-bond acceptors (Lipinski definition) is 3. The van der Waals surface area contributed by atoms with E-state index in [1.165, 1.54) is 5.56 Å². The van der Waals surface area contributed by atoms with Crippen LogP contribution in [0.3, 0.4) is 0 Å². The summed E-state index contributed by atoms with van der Waals surface area (Å²) in [4.78, 5) is 11.9. The molecule has 0 aliphatic rings. The minimum Gasteiger partial charge on any atom is -0.497 e. The summed E-state index contributed by atoms with van der Waals surface area (Å²) in [5.74, 6) is 2.17. The van der Waals surface area contributed by atoms with Gasteiger partial charge in [0.25, 0.3) is 0 Å². The van der Waals surface area contributed by atoms with Crippen LogP contribution in [0.15, 0.2) is 48.5 Å². The average molecular weight is 341 g/mol. The summed E-state index contributed by atoms with van der Waals surface area (Å²) in [6, 6.07) is 15.8. The number of para-hydroxylation sites is 1. The SMILES string of the molecule is COc1ccc(CCC(=O)NCCOc2ccccc2C(C)C)cc1. The molecule has 0 saturated carbocycles. The Labute approximate surface area is 150 Å². The molecule has 0 bridgehead atoms. The highest BCUT2D eigenvalue weighted by Crippen LogP contribution is 2.25. The average Bonchev–Trinajstić information content (AvgIpc) is 2.64. The zero-order chi connectivity index (χ0) is 18.1. The largest absolute Gasteiger partial charge is 0.497 e. The van der Waals surface area contributed by atoms with Gasteiger partial charge in [0.1, 0.15) is 18.1 Å². The quantitative estimate of drug-likeness (QED) is 0.703. The number of carbonyl (C=O) groups is 1. The van der Waals surface area contributed by atoms with Crippen molar-refractivity contribution in [1.29, 1.82) is 0 Å². The first-order chi connectivity index (χ1) is 12.1. The Bertz CT molecular complexity index is 665. The Kier molecular flexibility index (Phi) is 7.33. The van der Waals surface area contributed by atoms with Crippen LogP contribution in [-0.4, -0.2) is 26.2 Å². The smallest absolute Gasteiger partial charge is 0.220 e. The first-order valence-corrected chi connectivity index (χ1v) is 8.71. The Hall–Kier alpha value is -2.49. The molecule has 0 heterocycles. The van der Waals surface area contributed by atoms with E-state index in [0.717, 1.165) is 17.1 Å². The van der Waals surface area contributed by atoms with Gasteiger partial charge in [-0.2, -0.15) is 0 Å². The molecule has 0 radical (unpaired) electrons. The van der Waals surface area contributed by atoms with Gasteiger partial charge in [0.15, 0.2) is 0 Å². The number of nitrogens with one attached hydrogen (secondary N) is 1. The number of ether oxygens (including phenoxy) is 2. The van der Waals surface area contributed by atoms with Gasteiger partial charge in [0.05, 0.1) is 13.7 Å². The van der Waals surface area contributed by atoms with Crippen LogP contribution >= 0.6 is 0 Å². The second-order valence-corrected chi connectivity index (χ2v) is 6.24. The van der Waals surface area contributed by atoms with E-state index < -0.39 is 0 Å². The molecule has 4 nitrogen and oxygen atoms in total. The molecule has 2 rings (SSSR count). The number of hydrogen-bond donors (Lipinski definition) is 1. The van der Waals surface area contributed by atoms with E-state index in [0.29, 0.717) is 31.9 Å². The topological polar surface area (TPSA) is 47.6 Å². The van der Waals surface area contributed by atoms with Gasteiger partial charge in [0.2, 0.25) is 5.91 Å². The molecule has 1 N–H and O–H groups in total. The van der Waals surface area contributed by atoms with Crippen molar-refractivity contribution < 1.29 is 14.3 Å². The van der Waals surface area contributed by atoms with Crippen LogP contribution in [0.25, 0.3) is 0 Å². The maximum Gasteiger partial charge on any atom is 0.220 e. The number of methoxy groups -OCH3 is 1. The third kappa shape index (κ3) is 6.14. The van der Waals surface area contributed by atoms with Crippen molar-refractivity contribution >= 4 is 5.91 Å². The van der Waals surface area contributed by atoms with Crippen molar-refractivity contribution in [3.05, 3.63) is 59.7 Å². The second kappa shape index (κ2) is 9.72. The molecule has 4 heteroatoms. The van der Waals surface area contributed by atoms with E-state index in [1.54, 1.807) is 7.11 Å². The second-order valence-electron chi connectivity index (χ2n) is 6.24. The molecule has 0 saturated heterocycles. The third-order valence-corrected chi connectivity index (χ3v) is 4.02. The Morgan fingerprint density at radius 2 is 1.80 bits per heavy atom. The van der Waals surface area contributed by atoms with Gasteiger partial charge < -0.3 is 14.8 Å². The van der Waals surface area contributed by atoms with Gasteiger partial charge in [0, 0.05) is 6.42 Å². The fraction of sp³-hybridized carbons (Fsp3) is 0.381. The molecule has 25 heavy (non-hydrogen) atoms. The van der Waals surface area contributed by atoms with Crippen molar-refractivity contribution in [2.24, 2.45) is 0 Å². The first-order valence-electron chi connectivity index (χ1n) is 8.71. The number of rotatable bonds is 9. The summed E-state index contributed by atoms with van der Waals surface area (Å²) in [6.07, 6.45) is 1.18. The highest BCUT2D eigenvalue weighted by Gasteiger charge is 2.07. The number of carbonyl (C=O) groups excluding carboxylic acids is 1. The molecule has 0 unspecified atom stereocenters. The van der Waals surface area contributed by atoms with Gasteiger partial charge in [-0.1, -0.05) is 44.2 Å². The van der Waals surface area contributed by atoms with Crippen molar-refractivity contribution in [1.82, 2.24) is 5.32 Å². The van der Waals surface area contributed by atoms with E-state index in [2.05, 4.69) is 25.2 Å². The summed E-state index contributed by atoms with van der Waals surface area (Å²) in [7, 11) is 1.64. The van der Waals surface area contributed by atoms with E-state index in [4.69, 9.17) is 9.47 Å². The Morgan fingerprint density at radius 1 is 1.08 bits per heavy atom. The van der Waals surface area contributed by atoms with Gasteiger partial charge >= 0.3 is 0 Å². The van der Waals surface area contributed by atoms with Crippen molar-refractivity contribution in [2.45, 2.75) is 32.6 Å². The Morgan fingerprint density at radius 3 is 2.48 bits per heavy atom. The van der Waals surface area contributed by atoms with E-state index in [1.807, 2.05) is 42.5 Å². The van der Waals surface area contributed by atoms with Crippen LogP contribution in [0, 0.1) is 0 Å². The lowest BCUT2D eigenvalue weighted by atomic mass is 10.0. The molecular weight excluding hydrogens is 314 g/mol. The molecule has 0 atom stereocenters. The van der Waals surface area contributed by atoms with Gasteiger partial charge in [-0.15, -0.1) is 0 Å². The molecule has 0 aromatic heterocycles. The summed E-state index contributed by atoms with van der Waals surface area (Å²) in [5.41, 5.74) is 2.31. The minimum absolute atomic E-state index is 0.0385. The lowest BCUT2D eigenvalue weighted by Gasteiger charge is -2.14. The lowest BCUT2D eigenvalue weighted by Crippen LogP contribution is -2.28. The maximum atomic E-state index is 11.9. The monoisotopic (exact) mass is 341 g/mol. The fourth-order valence-corrected chi connectivity index (χ4v) is 2.58. The summed E-state index contributed by atoms with van der Waals surface area (Å²) in [6.45, 7) is 5.26. The van der Waals surface area contributed by atoms with Crippen molar-refractivity contribution in [3.8, 4) is 11.5 Å². The molecule has 0 aliphatic heterocycles. The summed E-state index contributed by atoms with van der Waals surface area (Å²) in [5, 5.41) is 2.91. The van der Waals surface area contributed by atoms with Crippen molar-refractivity contribution in [3.63, 3.8) is 0 Å². The minimum atomic E-state index is 0.0385. The summed E-state index contributed by atoms with van der Waals surface area (Å²) >= 11 is 0. The van der Waals surface area contributed by atoms with Crippen LogP contribution in [0.5, 0.6) is 11.5 Å². The van der Waals surface area contributed by atoms with E-state index in [-0.39, 0.29) is 5.91 Å². The molecule has 0 spiro atoms. The first kappa shape index (κ1) is 18.8. The Balaban J connectivity index is 1.68. The van der Waals surface area contributed by atoms with Gasteiger partial charge in [-0.3, -0.25) is 4.79 Å². The molecular formula is C21H27NO3. The third-order valence-electron chi connectivity index (χ3n) is 4.02. The highest BCUT2D eigenvalue weighted by atomic mass is 16.5. The van der Waals surface area contributed by atoms with Crippen LogP contribution in [0.4, 0.5) is 0 Å². The normalized spacial score (nSPS) is 10.6. The molecule has 134 valence electrons. The molecule has 2 aromatic carbocycles. The van der Waals surface area contributed by atoms with Crippen LogP contribution in [-0.2, 0) is 11.2 Å². The zero-order valence-electron chi connectivity index (χ0n) is 15.2. The highest BCUT2D eigenvalue weighted by molar-refractivity contribution is 5.76. The molecule has 1 amide bonds. The predicted molar refractivity (Wildman–Crippen MR) is 100 cm³/mol. The zero-order valence-corrected chi connectivity index (χ0v) is 15.2. The lowest BCUT2D eigenvalue weighted by molar-refractivity contribution is -0.121. The van der Waals surface area contributed by atoms with Gasteiger partial charge in [-0.25, -0.2) is 0 Å². The van der Waals surface area contributed by atoms with Crippen LogP contribution in [0.2, 0.25) is 0 Å². The van der Waals surface area contributed by atoms with E-state index in [9.17, 15) is 4.79 Å². The number of benzene rings is 2. The number of aryl methyl sites for hydroxylation is 1. The standard InChI is InChI=1S/C21H27NO3/c1-16(2)19-6-4-5-7-20(19)25-15-14-22-21(23)13-10-17-8-11-18(24-3)12-9-17/h4-9,11-12,16H,10,13-15H2,1-3H3,(H,22,23). The van der Waals surface area contributed by atoms with E-state index >= 15 is 0 Å².